The van der Waals surface area contributed by atoms with Crippen LogP contribution < -0.4 is 0 Å². The Morgan fingerprint density at radius 2 is 0.758 bits per heavy atom. The van der Waals surface area contributed by atoms with Gasteiger partial charge in [0.2, 0.25) is 44.3 Å². The van der Waals surface area contributed by atoms with E-state index in [1.54, 1.807) is 22.4 Å². The van der Waals surface area contributed by atoms with Crippen molar-refractivity contribution in [2.75, 3.05) is 64.7 Å². The zero-order chi connectivity index (χ0) is 112. The van der Waals surface area contributed by atoms with Crippen LogP contribution in [0.25, 0.3) is 0 Å². The maximum Gasteiger partial charge on any atom is 0.381 e. The minimum Gasteiger partial charge on any atom is -0.463 e. The summed E-state index contributed by atoms with van der Waals surface area (Å²) in [5, 5.41) is 137. The number of nitrogens with zero attached hydrogens (tertiary/aromatic N) is 27. The first-order valence-corrected chi connectivity index (χ1v) is 49.7. The molecule has 2 aliphatic heterocycles. The van der Waals surface area contributed by atoms with Crippen LogP contribution in [0.5, 0.6) is 0 Å². The van der Waals surface area contributed by atoms with Gasteiger partial charge >= 0.3 is 76.5 Å². The molecule has 15 unspecified atom stereocenters. The summed E-state index contributed by atoms with van der Waals surface area (Å²) in [6.45, 7) is 10.7. The molecule has 11 heterocycles. The first kappa shape index (κ1) is 124. The molecule has 824 valence electrons. The molecule has 72 nitrogen and oxygen atoms in total. The van der Waals surface area contributed by atoms with Crippen molar-refractivity contribution < 1.29 is 177 Å². The Morgan fingerprint density at radius 3 is 1.13 bits per heavy atom. The summed E-state index contributed by atoms with van der Waals surface area (Å²) in [6.07, 6.45) is 11.8. The fourth-order valence-electron chi connectivity index (χ4n) is 12.2. The Hall–Kier alpha value is -15.3. The van der Waals surface area contributed by atoms with Crippen molar-refractivity contribution in [1.29, 1.82) is 0 Å². The highest BCUT2D eigenvalue weighted by Gasteiger charge is 2.51. The molecule has 0 saturated carbocycles. The van der Waals surface area contributed by atoms with Crippen LogP contribution >= 0.6 is 0 Å². The molecule has 0 radical (unpaired) electrons. The summed E-state index contributed by atoms with van der Waals surface area (Å²) < 4.78 is 161. The summed E-state index contributed by atoms with van der Waals surface area (Å²) in [5.74, 6) is -6.49. The minimum absolute atomic E-state index is 0.00412. The number of aliphatic hydroxyl groups excluding tert-OH is 5. The topological polar surface area (TPSA) is 939 Å². The average Bonchev–Trinajstić information content (AvgIpc) is 1.62. The molecule has 0 aromatic carbocycles. The second-order valence-electron chi connectivity index (χ2n) is 31.0. The highest BCUT2D eigenvalue weighted by atomic mass is 32.2. The van der Waals surface area contributed by atoms with Gasteiger partial charge in [0, 0.05) is 41.5 Å². The van der Waals surface area contributed by atoms with E-state index in [1.165, 1.54) is 97.1 Å². The first-order chi connectivity index (χ1) is 69.5. The Bertz CT molecular complexity index is 6490. The molecular weight excluding hydrogens is 2100 g/mol. The summed E-state index contributed by atoms with van der Waals surface area (Å²) in [5.41, 5.74) is 1.09. The van der Waals surface area contributed by atoms with Gasteiger partial charge in [-0.3, -0.25) is 54.6 Å². The lowest BCUT2D eigenvalue weighted by atomic mass is 10.1. The number of hydrogen-bond acceptors (Lipinski definition) is 56. The Kier molecular flexibility index (Phi) is 48.1. The number of carbonyl (C=O) groups is 6. The molecule has 2 fully saturated rings. The third-order valence-electron chi connectivity index (χ3n) is 18.8. The summed E-state index contributed by atoms with van der Waals surface area (Å²) in [6, 6.07) is -0.814. The molecule has 9 aromatic heterocycles. The van der Waals surface area contributed by atoms with Crippen LogP contribution in [0, 0.1) is 70.8 Å². The van der Waals surface area contributed by atoms with Crippen molar-refractivity contribution in [2.45, 2.75) is 206 Å². The molecule has 0 spiro atoms. The molecule has 11 rings (SSSR count). The van der Waals surface area contributed by atoms with Gasteiger partial charge in [0.25, 0.3) is 40.5 Å². The van der Waals surface area contributed by atoms with E-state index in [2.05, 4.69) is 68.1 Å². The molecule has 2 aliphatic rings. The average molecular weight is 2210 g/mol. The second-order valence-corrected chi connectivity index (χ2v) is 37.6. The summed E-state index contributed by atoms with van der Waals surface area (Å²) in [7, 11) is -15.0. The molecule has 15 atom stereocenters. The van der Waals surface area contributed by atoms with E-state index in [9.17, 15) is 154 Å². The van der Waals surface area contributed by atoms with Gasteiger partial charge in [-0.15, -0.1) is 10.2 Å². The lowest BCUT2D eigenvalue weighted by Gasteiger charge is -2.25. The van der Waals surface area contributed by atoms with Crippen molar-refractivity contribution in [2.24, 2.45) is 0 Å². The molecular formula is C73H103N27O45S4. The number of esters is 6. The predicted molar refractivity (Wildman–Crippen MR) is 486 cm³/mol. The number of carbonyl (C=O) groups excluding carboxylic acids is 6. The quantitative estimate of drug-likeness (QED) is 0.00952. The molecule has 9 aromatic rings. The van der Waals surface area contributed by atoms with Gasteiger partial charge in [-0.25, -0.2) is 9.36 Å². The normalized spacial score (nSPS) is 17.7. The molecule has 149 heavy (non-hydrogen) atoms. The van der Waals surface area contributed by atoms with E-state index in [0.717, 1.165) is 102 Å². The van der Waals surface area contributed by atoms with E-state index in [4.69, 9.17) is 47.2 Å². The van der Waals surface area contributed by atoms with Crippen molar-refractivity contribution >= 4 is 117 Å². The third-order valence-corrected chi connectivity index (χ3v) is 21.1. The van der Waals surface area contributed by atoms with E-state index >= 15 is 0 Å². The van der Waals surface area contributed by atoms with Crippen molar-refractivity contribution in [3.63, 3.8) is 0 Å². The van der Waals surface area contributed by atoms with Gasteiger partial charge in [0.15, 0.2) is 36.9 Å². The van der Waals surface area contributed by atoms with Crippen molar-refractivity contribution in [3.8, 4) is 0 Å². The Morgan fingerprint density at radius 1 is 0.396 bits per heavy atom. The first-order valence-electron chi connectivity index (χ1n) is 42.5. The number of nitro groups is 7. The number of aromatic nitrogens is 20. The zero-order valence-electron chi connectivity index (χ0n) is 80.6. The molecule has 0 amide bonds. The predicted octanol–water partition coefficient (Wildman–Crippen LogP) is -1.51. The fraction of sp³-hybridized carbons (Fsp3) is 0.575. The van der Waals surface area contributed by atoms with Crippen molar-refractivity contribution in [1.82, 2.24) is 96.8 Å². The van der Waals surface area contributed by atoms with Crippen LogP contribution in [-0.4, -0.2) is 358 Å². The van der Waals surface area contributed by atoms with Crippen LogP contribution in [0.3, 0.4) is 0 Å². The molecule has 76 heteroatoms. The smallest absolute Gasteiger partial charge is 0.381 e. The monoisotopic (exact) mass is 2210 g/mol. The van der Waals surface area contributed by atoms with Gasteiger partial charge in [0.1, 0.15) is 105 Å². The maximum absolute atomic E-state index is 11.5. The maximum atomic E-state index is 11.5. The van der Waals surface area contributed by atoms with Gasteiger partial charge < -0.3 is 157 Å². The van der Waals surface area contributed by atoms with Gasteiger partial charge in [-0.1, -0.05) is 31.2 Å². The third kappa shape index (κ3) is 44.1. The van der Waals surface area contributed by atoms with Gasteiger partial charge in [0.05, 0.1) is 114 Å². The molecule has 0 aliphatic carbocycles. The summed E-state index contributed by atoms with van der Waals surface area (Å²) in [4.78, 5) is 162. The standard InChI is InChI=1S/C13H17N3O10S.C12H16N6O7S.C12H17N3O9S.C10H14N6O3.C9H13N3O7S.C9H13N3O5.C8H13N3O4/c1-7(17)24-11-9(5-23-27(3,21)22)26-13(12(11)25-8(2)18)15-4-10(14-6-15)16(19)20;1-9(19)24-6-11(7-25-26(2,22)23)17-4-10(14-15-17)3-16-5-12(13-8-16)18(20)21;1-8(16)23-10(4-14-5-12(13-7-14)15(18)19)11(24-9(2)17)6-22-25(3,20)21;1-2-9(6-17)15-4-8(12-13-15)3-14-5-10(11-7-14)16(18)19;1-7(13)19-8(5-18-20(2,16)17)3-11-4-9(10-6-11)12(14)15;1-2-5-7(13)8(14)9(17-5)11-3-6(10-4-11)12(15)16;1-2-6(12)7(13)3-10-4-8(9-5-10)11(14)15/h4,6,9,11-13H,5H2,1-3H3;4-5,8,11H,3,6-7H2,1-2H3;5,7,10-11H,4,6H2,1-3H3;4-5,7,9,17H,2-3,6H2,1H3;4,6,8H,3,5H2,1-2H3;3-5,7-9,13-14H,2H2,1H3;4-7,12-13H,2-3H2,1H3. The van der Waals surface area contributed by atoms with Crippen LogP contribution in [0.2, 0.25) is 0 Å². The summed E-state index contributed by atoms with van der Waals surface area (Å²) >= 11 is 0. The number of rotatable bonds is 46. The Labute approximate surface area is 840 Å². The largest absolute Gasteiger partial charge is 0.463 e. The number of imidazole rings is 7. The number of aliphatic hydroxyl groups is 5. The van der Waals surface area contributed by atoms with E-state index < -0.39 is 221 Å². The van der Waals surface area contributed by atoms with Crippen LogP contribution in [0.15, 0.2) is 100 Å². The van der Waals surface area contributed by atoms with E-state index in [-0.39, 0.29) is 87.7 Å². The molecule has 0 bridgehead atoms. The van der Waals surface area contributed by atoms with Crippen LogP contribution in [0.4, 0.5) is 40.7 Å². The number of ether oxygens (including phenoxy) is 8. The van der Waals surface area contributed by atoms with Crippen LogP contribution in [-0.2, 0) is 157 Å². The minimum atomic E-state index is -3.84. The second kappa shape index (κ2) is 57.7. The van der Waals surface area contributed by atoms with Gasteiger partial charge in [-0.2, -0.15) is 33.7 Å². The Balaban J connectivity index is 0.000000308. The zero-order valence-corrected chi connectivity index (χ0v) is 83.8. The number of hydrogen-bond donors (Lipinski definition) is 5. The fourth-order valence-corrected chi connectivity index (χ4v) is 13.8. The lowest BCUT2D eigenvalue weighted by molar-refractivity contribution is -0.389. The highest BCUT2D eigenvalue weighted by Crippen LogP contribution is 2.36. The highest BCUT2D eigenvalue weighted by molar-refractivity contribution is 7.86. The van der Waals surface area contributed by atoms with Crippen molar-refractivity contribution in [3.05, 3.63) is 182 Å². The molecule has 5 N–H and O–H groups in total. The SMILES string of the molecule is CC(=O)OC(COS(C)(=O)=O)C(Cn1cnc([N+](=O)[O-])c1)OC(C)=O.CC(=O)OC(COS(C)(=O)=O)Cn1cnc([N+](=O)[O-])c1.CC(=O)OC1C(COS(C)(=O)=O)OC(n2cnc([N+](=O)[O-])c2)C1OC(C)=O.CC(=O)OCC(COS(C)(=O)=O)n1cc(Cn2cnc([N+](=O)[O-])c2)nn1.CCC(CO)n1cc(Cn2cnc([N+](=O)[O-])c2)nn1.CCC(O)C(O)Cn1cnc([N+](=O)[O-])c1.CCC1OC(n2cnc([N+](=O)[O-])c2)C(O)C1O. The van der Waals surface area contributed by atoms with Crippen LogP contribution in [0.1, 0.15) is 118 Å². The lowest BCUT2D eigenvalue weighted by Crippen LogP contribution is -2.41. The van der Waals surface area contributed by atoms with E-state index in [0.29, 0.717) is 30.8 Å². The van der Waals surface area contributed by atoms with Gasteiger partial charge in [-0.05, 0) is 88.6 Å². The van der Waals surface area contributed by atoms with E-state index in [1.807, 2.05) is 13.8 Å². The molecule has 2 saturated heterocycles.